The third-order valence-electron chi connectivity index (χ3n) is 4.73. The summed E-state index contributed by atoms with van der Waals surface area (Å²) in [6, 6.07) is 9.86. The van der Waals surface area contributed by atoms with Crippen LogP contribution in [0.5, 0.6) is 5.75 Å². The Kier molecular flexibility index (Phi) is 4.87. The first-order valence-electron chi connectivity index (χ1n) is 9.28. The summed E-state index contributed by atoms with van der Waals surface area (Å²) in [7, 11) is 0. The predicted octanol–water partition coefficient (Wildman–Crippen LogP) is 4.13. The van der Waals surface area contributed by atoms with Gasteiger partial charge in [-0.1, -0.05) is 12.1 Å². The number of hydrazone groups is 1. The van der Waals surface area contributed by atoms with E-state index in [0.29, 0.717) is 11.8 Å². The molecule has 4 rings (SSSR count). The summed E-state index contributed by atoms with van der Waals surface area (Å²) < 4.78 is 7.88. The van der Waals surface area contributed by atoms with Gasteiger partial charge in [-0.15, -0.1) is 0 Å². The van der Waals surface area contributed by atoms with Gasteiger partial charge >= 0.3 is 0 Å². The lowest BCUT2D eigenvalue weighted by Crippen LogP contribution is -2.35. The lowest BCUT2D eigenvalue weighted by molar-refractivity contribution is -0.114. The molecular weight excluding hydrogens is 386 g/mol. The molecule has 8 heteroatoms. The van der Waals surface area contributed by atoms with Gasteiger partial charge in [-0.25, -0.2) is 0 Å². The number of nitrogens with one attached hydrogen (secondary N) is 1. The van der Waals surface area contributed by atoms with Crippen LogP contribution in [0.3, 0.4) is 0 Å². The first-order chi connectivity index (χ1) is 13.9. The fourth-order valence-electron chi connectivity index (χ4n) is 3.47. The van der Waals surface area contributed by atoms with Crippen LogP contribution in [0, 0.1) is 19.3 Å². The standard InChI is InChI=1S/C21H21N5O2S/c1-5-28-18-9-7-6-8-17(18)25-12(2)10-15(13(25)3)11-16-19(22)26-21(23-20(16)27)29-14(4)24-26/h6-11,22H,5H2,1-4H3. The van der Waals surface area contributed by atoms with E-state index in [1.54, 1.807) is 6.08 Å². The molecule has 0 unspecified atom stereocenters. The van der Waals surface area contributed by atoms with Gasteiger partial charge in [-0.3, -0.25) is 10.2 Å². The fraction of sp³-hybridized carbons (Fsp3) is 0.238. The SMILES string of the molecule is CCOc1ccccc1-n1c(C)cc(C=C2C(=N)N3N=C(C)SC3=NC2=O)c1C. The van der Waals surface area contributed by atoms with Gasteiger partial charge in [0.05, 0.1) is 22.9 Å². The molecule has 29 heavy (non-hydrogen) atoms. The Bertz CT molecular complexity index is 1130. The number of carbonyl (C=O) groups excluding carboxylic acids is 1. The van der Waals surface area contributed by atoms with Crippen LogP contribution >= 0.6 is 11.8 Å². The Balaban J connectivity index is 1.78. The molecular formula is C21H21N5O2S. The molecule has 0 spiro atoms. The minimum absolute atomic E-state index is 0.0452. The number of benzene rings is 1. The van der Waals surface area contributed by atoms with Gasteiger partial charge < -0.3 is 9.30 Å². The van der Waals surface area contributed by atoms with Crippen molar-refractivity contribution < 1.29 is 9.53 Å². The third kappa shape index (κ3) is 3.29. The predicted molar refractivity (Wildman–Crippen MR) is 117 cm³/mol. The molecule has 0 saturated carbocycles. The number of aliphatic imine (C=N–C) groups is 1. The Morgan fingerprint density at radius 3 is 2.76 bits per heavy atom. The van der Waals surface area contributed by atoms with Gasteiger partial charge in [0.25, 0.3) is 5.91 Å². The van der Waals surface area contributed by atoms with E-state index >= 15 is 0 Å². The zero-order valence-corrected chi connectivity index (χ0v) is 17.5. The molecule has 148 valence electrons. The van der Waals surface area contributed by atoms with Crippen LogP contribution in [0.2, 0.25) is 0 Å². The average Bonchev–Trinajstić information content (AvgIpc) is 3.18. The maximum Gasteiger partial charge on any atom is 0.283 e. The number of aromatic nitrogens is 1. The molecule has 0 radical (unpaired) electrons. The zero-order valence-electron chi connectivity index (χ0n) is 16.7. The molecule has 2 aromatic rings. The van der Waals surface area contributed by atoms with Crippen molar-refractivity contribution in [3.63, 3.8) is 0 Å². The van der Waals surface area contributed by atoms with Gasteiger partial charge in [0.1, 0.15) is 5.75 Å². The Labute approximate surface area is 173 Å². The minimum Gasteiger partial charge on any atom is -0.492 e. The monoisotopic (exact) mass is 407 g/mol. The smallest absolute Gasteiger partial charge is 0.283 e. The van der Waals surface area contributed by atoms with Crippen molar-refractivity contribution in [1.82, 2.24) is 9.58 Å². The van der Waals surface area contributed by atoms with Crippen molar-refractivity contribution in [2.75, 3.05) is 6.61 Å². The molecule has 1 aromatic carbocycles. The summed E-state index contributed by atoms with van der Waals surface area (Å²) in [5.74, 6) is 0.424. The van der Waals surface area contributed by atoms with E-state index in [9.17, 15) is 4.79 Å². The quantitative estimate of drug-likeness (QED) is 0.773. The molecule has 0 bridgehead atoms. The van der Waals surface area contributed by atoms with E-state index in [-0.39, 0.29) is 11.4 Å². The highest BCUT2D eigenvalue weighted by Crippen LogP contribution is 2.31. The second kappa shape index (κ2) is 7.36. The van der Waals surface area contributed by atoms with E-state index < -0.39 is 5.91 Å². The highest BCUT2D eigenvalue weighted by molar-refractivity contribution is 8.26. The Morgan fingerprint density at radius 1 is 1.24 bits per heavy atom. The van der Waals surface area contributed by atoms with Crippen molar-refractivity contribution in [3.8, 4) is 11.4 Å². The van der Waals surface area contributed by atoms with Gasteiger partial charge in [0.2, 0.25) is 5.17 Å². The number of fused-ring (bicyclic) bond motifs is 1. The number of hydrogen-bond acceptors (Lipinski definition) is 5. The summed E-state index contributed by atoms with van der Waals surface area (Å²) in [5.41, 5.74) is 3.98. The van der Waals surface area contributed by atoms with Gasteiger partial charge in [-0.05, 0) is 69.3 Å². The molecule has 1 N–H and O–H groups in total. The zero-order chi connectivity index (χ0) is 20.7. The summed E-state index contributed by atoms with van der Waals surface area (Å²) in [4.78, 5) is 16.7. The number of para-hydroxylation sites is 2. The number of amides is 1. The van der Waals surface area contributed by atoms with Crippen molar-refractivity contribution in [2.45, 2.75) is 27.7 Å². The number of carbonyl (C=O) groups is 1. The van der Waals surface area contributed by atoms with Crippen molar-refractivity contribution in [3.05, 3.63) is 52.9 Å². The van der Waals surface area contributed by atoms with Crippen molar-refractivity contribution in [2.24, 2.45) is 10.1 Å². The first kappa shape index (κ1) is 19.2. The number of nitrogens with zero attached hydrogens (tertiary/aromatic N) is 4. The minimum atomic E-state index is -0.418. The third-order valence-corrected chi connectivity index (χ3v) is 5.56. The van der Waals surface area contributed by atoms with Crippen LogP contribution in [0.4, 0.5) is 0 Å². The van der Waals surface area contributed by atoms with E-state index in [4.69, 9.17) is 10.1 Å². The molecule has 2 aliphatic heterocycles. The number of ether oxygens (including phenoxy) is 1. The molecule has 0 saturated heterocycles. The largest absolute Gasteiger partial charge is 0.492 e. The summed E-state index contributed by atoms with van der Waals surface area (Å²) >= 11 is 1.30. The highest BCUT2D eigenvalue weighted by Gasteiger charge is 2.34. The van der Waals surface area contributed by atoms with Crippen LogP contribution in [-0.2, 0) is 4.79 Å². The molecule has 0 fully saturated rings. The maximum atomic E-state index is 12.6. The Hall–Kier alpha value is -3.13. The summed E-state index contributed by atoms with van der Waals surface area (Å²) in [5, 5.41) is 15.3. The fourth-order valence-corrected chi connectivity index (χ4v) is 4.20. The maximum absolute atomic E-state index is 12.6. The number of amidine groups is 2. The highest BCUT2D eigenvalue weighted by atomic mass is 32.2. The second-order valence-electron chi connectivity index (χ2n) is 6.70. The van der Waals surface area contributed by atoms with Crippen LogP contribution in [0.25, 0.3) is 11.8 Å². The van der Waals surface area contributed by atoms with Crippen LogP contribution in [-0.4, -0.2) is 38.1 Å². The number of rotatable bonds is 4. The molecule has 1 aromatic heterocycles. The van der Waals surface area contributed by atoms with Crippen LogP contribution < -0.4 is 4.74 Å². The van der Waals surface area contributed by atoms with Crippen molar-refractivity contribution >= 4 is 39.8 Å². The number of hydrogen-bond donors (Lipinski definition) is 1. The summed E-state index contributed by atoms with van der Waals surface area (Å²) in [6.45, 7) is 8.36. The molecule has 2 aliphatic rings. The molecule has 3 heterocycles. The summed E-state index contributed by atoms with van der Waals surface area (Å²) in [6.07, 6.45) is 1.72. The van der Waals surface area contributed by atoms with Gasteiger partial charge in [0, 0.05) is 11.4 Å². The lowest BCUT2D eigenvalue weighted by atomic mass is 10.1. The lowest BCUT2D eigenvalue weighted by Gasteiger charge is -2.20. The Morgan fingerprint density at radius 2 is 2.00 bits per heavy atom. The van der Waals surface area contributed by atoms with Crippen molar-refractivity contribution in [1.29, 1.82) is 5.41 Å². The van der Waals surface area contributed by atoms with E-state index in [1.807, 2.05) is 58.0 Å². The van der Waals surface area contributed by atoms with Crippen LogP contribution in [0.15, 0.2) is 46.0 Å². The second-order valence-corrected chi connectivity index (χ2v) is 7.86. The molecule has 1 amide bonds. The normalized spacial score (nSPS) is 17.5. The topological polar surface area (TPSA) is 83.0 Å². The molecule has 7 nitrogen and oxygen atoms in total. The van der Waals surface area contributed by atoms with Gasteiger partial charge in [0.15, 0.2) is 5.84 Å². The van der Waals surface area contributed by atoms with Gasteiger partial charge in [-0.2, -0.15) is 15.1 Å². The average molecular weight is 407 g/mol. The molecule has 0 aliphatic carbocycles. The van der Waals surface area contributed by atoms with E-state index in [2.05, 4.69) is 14.7 Å². The van der Waals surface area contributed by atoms with Crippen LogP contribution in [0.1, 0.15) is 30.8 Å². The molecule has 0 atom stereocenters. The van der Waals surface area contributed by atoms with E-state index in [1.165, 1.54) is 16.8 Å². The number of aryl methyl sites for hydroxylation is 1. The number of thioether (sulfide) groups is 1. The first-order valence-corrected chi connectivity index (χ1v) is 10.1. The van der Waals surface area contributed by atoms with E-state index in [0.717, 1.165) is 33.4 Å².